The van der Waals surface area contributed by atoms with Crippen LogP contribution in [0.15, 0.2) is 21.6 Å². The van der Waals surface area contributed by atoms with Crippen molar-refractivity contribution in [2.45, 2.75) is 56.4 Å². The Hall–Kier alpha value is -2.20. The molecule has 2 aromatic rings. The highest BCUT2D eigenvalue weighted by atomic mass is 32.2. The summed E-state index contributed by atoms with van der Waals surface area (Å²) in [6.45, 7) is 3.93. The number of H-pyrrole nitrogens is 1. The standard InChI is InChI=1S/C18H25N5O4S/c1-2-13-7-3-4-10-23(13)28(25,26)14-11-15(19-12-14)16-20-21-17(27-16)18(24)22-8-5-6-9-22/h11-13,19H,2-10H2,1H3/t13-/m1/s1. The van der Waals surface area contributed by atoms with E-state index in [1.54, 1.807) is 9.21 Å². The molecule has 2 aliphatic heterocycles. The Morgan fingerprint density at radius 2 is 1.96 bits per heavy atom. The van der Waals surface area contributed by atoms with E-state index in [0.717, 1.165) is 38.5 Å². The highest BCUT2D eigenvalue weighted by Crippen LogP contribution is 2.29. The Morgan fingerprint density at radius 1 is 1.21 bits per heavy atom. The summed E-state index contributed by atoms with van der Waals surface area (Å²) >= 11 is 0. The Labute approximate surface area is 164 Å². The predicted octanol–water partition coefficient (Wildman–Crippen LogP) is 2.25. The SMILES string of the molecule is CC[C@@H]1CCCCN1S(=O)(=O)c1c[nH]c(-c2nnc(C(=O)N3CCCC3)o2)c1. The van der Waals surface area contributed by atoms with Gasteiger partial charge in [0.25, 0.3) is 5.89 Å². The van der Waals surface area contributed by atoms with Gasteiger partial charge in [0.1, 0.15) is 10.6 Å². The van der Waals surface area contributed by atoms with Crippen molar-refractivity contribution in [3.05, 3.63) is 18.2 Å². The normalized spacial score (nSPS) is 21.3. The lowest BCUT2D eigenvalue weighted by molar-refractivity contribution is 0.0754. The average molecular weight is 407 g/mol. The maximum atomic E-state index is 13.1. The largest absolute Gasteiger partial charge is 0.411 e. The number of sulfonamides is 1. The van der Waals surface area contributed by atoms with Gasteiger partial charge in [0.05, 0.1) is 0 Å². The molecule has 2 saturated heterocycles. The van der Waals surface area contributed by atoms with Gasteiger partial charge in [-0.3, -0.25) is 4.79 Å². The molecule has 2 aromatic heterocycles. The molecular formula is C18H25N5O4S. The fourth-order valence-corrected chi connectivity index (χ4v) is 5.72. The number of nitrogens with one attached hydrogen (secondary N) is 1. The van der Waals surface area contributed by atoms with Crippen molar-refractivity contribution in [1.29, 1.82) is 0 Å². The monoisotopic (exact) mass is 407 g/mol. The fourth-order valence-electron chi connectivity index (χ4n) is 3.95. The zero-order valence-corrected chi connectivity index (χ0v) is 16.7. The van der Waals surface area contributed by atoms with Crippen LogP contribution in [0, 0.1) is 0 Å². The molecule has 2 aliphatic rings. The van der Waals surface area contributed by atoms with Gasteiger partial charge < -0.3 is 14.3 Å². The van der Waals surface area contributed by atoms with Crippen LogP contribution >= 0.6 is 0 Å². The predicted molar refractivity (Wildman–Crippen MR) is 101 cm³/mol. The van der Waals surface area contributed by atoms with Crippen molar-refractivity contribution in [3.63, 3.8) is 0 Å². The van der Waals surface area contributed by atoms with Crippen LogP contribution in [0.2, 0.25) is 0 Å². The summed E-state index contributed by atoms with van der Waals surface area (Å²) in [5.41, 5.74) is 0.386. The van der Waals surface area contributed by atoms with Gasteiger partial charge in [0.15, 0.2) is 0 Å². The zero-order valence-electron chi connectivity index (χ0n) is 15.9. The van der Waals surface area contributed by atoms with Crippen molar-refractivity contribution < 1.29 is 17.6 Å². The maximum absolute atomic E-state index is 13.1. The molecule has 0 spiro atoms. The smallest absolute Gasteiger partial charge is 0.311 e. The second kappa shape index (κ2) is 7.67. The lowest BCUT2D eigenvalue weighted by Gasteiger charge is -2.33. The van der Waals surface area contributed by atoms with Gasteiger partial charge in [-0.1, -0.05) is 13.3 Å². The van der Waals surface area contributed by atoms with Crippen molar-refractivity contribution >= 4 is 15.9 Å². The first kappa shape index (κ1) is 19.1. The van der Waals surface area contributed by atoms with Gasteiger partial charge in [-0.05, 0) is 38.2 Å². The van der Waals surface area contributed by atoms with E-state index in [1.165, 1.54) is 12.3 Å². The van der Waals surface area contributed by atoms with E-state index in [0.29, 0.717) is 25.3 Å². The van der Waals surface area contributed by atoms with Crippen LogP contribution in [0.25, 0.3) is 11.6 Å². The van der Waals surface area contributed by atoms with Gasteiger partial charge in [-0.25, -0.2) is 8.42 Å². The Kier molecular flexibility index (Phi) is 5.24. The Balaban J connectivity index is 1.55. The van der Waals surface area contributed by atoms with Crippen molar-refractivity contribution in [1.82, 2.24) is 24.4 Å². The number of carbonyl (C=O) groups excluding carboxylic acids is 1. The number of carbonyl (C=O) groups is 1. The first-order chi connectivity index (χ1) is 13.5. The number of nitrogens with zero attached hydrogens (tertiary/aromatic N) is 4. The minimum absolute atomic E-state index is 0.0326. The number of hydrogen-bond donors (Lipinski definition) is 1. The van der Waals surface area contributed by atoms with E-state index in [4.69, 9.17) is 4.42 Å². The highest BCUT2D eigenvalue weighted by Gasteiger charge is 2.33. The molecule has 28 heavy (non-hydrogen) atoms. The molecule has 0 radical (unpaired) electrons. The zero-order chi connectivity index (χ0) is 19.7. The quantitative estimate of drug-likeness (QED) is 0.813. The summed E-state index contributed by atoms with van der Waals surface area (Å²) in [5, 5.41) is 7.75. The molecule has 1 atom stereocenters. The van der Waals surface area contributed by atoms with Gasteiger partial charge in [0.2, 0.25) is 10.0 Å². The van der Waals surface area contributed by atoms with Gasteiger partial charge in [-0.15, -0.1) is 10.2 Å². The number of aromatic nitrogens is 3. The van der Waals surface area contributed by atoms with Crippen LogP contribution in [-0.4, -0.2) is 64.4 Å². The molecular weight excluding hydrogens is 382 g/mol. The summed E-state index contributed by atoms with van der Waals surface area (Å²) in [5.74, 6) is -0.248. The van der Waals surface area contributed by atoms with Crippen LogP contribution in [-0.2, 0) is 10.0 Å². The van der Waals surface area contributed by atoms with E-state index in [9.17, 15) is 13.2 Å². The Morgan fingerprint density at radius 3 is 2.71 bits per heavy atom. The van der Waals surface area contributed by atoms with Crippen molar-refractivity contribution in [3.8, 4) is 11.6 Å². The lowest BCUT2D eigenvalue weighted by Crippen LogP contribution is -2.43. The number of rotatable bonds is 5. The molecule has 4 rings (SSSR count). The topological polar surface area (TPSA) is 112 Å². The molecule has 0 aromatic carbocycles. The van der Waals surface area contributed by atoms with E-state index >= 15 is 0 Å². The minimum atomic E-state index is -3.60. The van der Waals surface area contributed by atoms with Crippen LogP contribution < -0.4 is 0 Å². The van der Waals surface area contributed by atoms with E-state index in [-0.39, 0.29) is 28.6 Å². The molecule has 0 saturated carbocycles. The molecule has 4 heterocycles. The molecule has 10 heteroatoms. The second-order valence-corrected chi connectivity index (χ2v) is 9.22. The molecule has 9 nitrogen and oxygen atoms in total. The second-order valence-electron chi connectivity index (χ2n) is 7.33. The molecule has 2 fully saturated rings. The molecule has 0 aliphatic carbocycles. The molecule has 0 bridgehead atoms. The fraction of sp³-hybridized carbons (Fsp3) is 0.611. The maximum Gasteiger partial charge on any atom is 0.311 e. The van der Waals surface area contributed by atoms with Crippen LogP contribution in [0.5, 0.6) is 0 Å². The summed E-state index contributed by atoms with van der Waals surface area (Å²) in [7, 11) is -3.60. The number of piperidine rings is 1. The number of likely N-dealkylation sites (tertiary alicyclic amines) is 1. The summed E-state index contributed by atoms with van der Waals surface area (Å²) in [6.07, 6.45) is 7.00. The molecule has 1 amide bonds. The summed E-state index contributed by atoms with van der Waals surface area (Å²) < 4.78 is 33.2. The third-order valence-electron chi connectivity index (χ3n) is 5.54. The van der Waals surface area contributed by atoms with Crippen molar-refractivity contribution in [2.24, 2.45) is 0 Å². The molecule has 152 valence electrons. The van der Waals surface area contributed by atoms with Crippen LogP contribution in [0.4, 0.5) is 0 Å². The van der Waals surface area contributed by atoms with Gasteiger partial charge in [-0.2, -0.15) is 4.31 Å². The summed E-state index contributed by atoms with van der Waals surface area (Å²) in [6, 6.07) is 1.53. The third kappa shape index (κ3) is 3.46. The van der Waals surface area contributed by atoms with E-state index in [1.807, 2.05) is 6.92 Å². The first-order valence-electron chi connectivity index (χ1n) is 9.84. The highest BCUT2D eigenvalue weighted by molar-refractivity contribution is 7.89. The summed E-state index contributed by atoms with van der Waals surface area (Å²) in [4.78, 5) is 17.1. The number of amides is 1. The minimum Gasteiger partial charge on any atom is -0.411 e. The van der Waals surface area contributed by atoms with Crippen molar-refractivity contribution in [2.75, 3.05) is 19.6 Å². The lowest BCUT2D eigenvalue weighted by atomic mass is 10.0. The average Bonchev–Trinajstić information content (AvgIpc) is 3.48. The van der Waals surface area contributed by atoms with E-state index in [2.05, 4.69) is 15.2 Å². The van der Waals surface area contributed by atoms with Gasteiger partial charge >= 0.3 is 11.8 Å². The van der Waals surface area contributed by atoms with Crippen LogP contribution in [0.3, 0.4) is 0 Å². The number of aromatic amines is 1. The number of hydrogen-bond acceptors (Lipinski definition) is 6. The van der Waals surface area contributed by atoms with E-state index < -0.39 is 10.0 Å². The molecule has 1 N–H and O–H groups in total. The van der Waals surface area contributed by atoms with Gasteiger partial charge in [0, 0.05) is 31.9 Å². The molecule has 0 unspecified atom stereocenters. The Bertz CT molecular complexity index is 945. The first-order valence-corrected chi connectivity index (χ1v) is 11.3. The third-order valence-corrected chi connectivity index (χ3v) is 7.47. The van der Waals surface area contributed by atoms with Crippen LogP contribution in [0.1, 0.15) is 56.1 Å².